The topological polar surface area (TPSA) is 124 Å². The minimum Gasteiger partial charge on any atom is -0.481 e. The smallest absolute Gasteiger partial charge is 0.422 e. The van der Waals surface area contributed by atoms with Crippen LogP contribution < -0.4 is 20.3 Å². The van der Waals surface area contributed by atoms with Crippen molar-refractivity contribution in [3.05, 3.63) is 47.5 Å². The van der Waals surface area contributed by atoms with E-state index in [0.29, 0.717) is 97.5 Å². The molecule has 3 aromatic rings. The summed E-state index contributed by atoms with van der Waals surface area (Å²) in [6.45, 7) is 11.3. The van der Waals surface area contributed by atoms with Gasteiger partial charge in [-0.1, -0.05) is 12.6 Å². The lowest BCUT2D eigenvalue weighted by Gasteiger charge is -2.54. The molecule has 1 saturated carbocycles. The monoisotopic (exact) mass is 732 g/mol. The second-order valence-electron chi connectivity index (χ2n) is 15.4. The highest BCUT2D eigenvalue weighted by atomic mass is 19.4. The molecule has 53 heavy (non-hydrogen) atoms. The Bertz CT molecular complexity index is 1930. The number of carbonyl (C=O) groups is 1. The highest BCUT2D eigenvalue weighted by Gasteiger charge is 2.47. The van der Waals surface area contributed by atoms with Crippen LogP contribution in [0.2, 0.25) is 0 Å². The van der Waals surface area contributed by atoms with Gasteiger partial charge in [0.1, 0.15) is 11.3 Å². The van der Waals surface area contributed by atoms with Gasteiger partial charge in [-0.2, -0.15) is 18.2 Å². The number of hydrogen-bond donors (Lipinski definition) is 2. The second kappa shape index (κ2) is 13.8. The van der Waals surface area contributed by atoms with Crippen LogP contribution in [0.1, 0.15) is 54.7 Å². The summed E-state index contributed by atoms with van der Waals surface area (Å²) < 4.78 is 53.8. The first-order valence-corrected chi connectivity index (χ1v) is 18.7. The molecule has 5 heterocycles. The Morgan fingerprint density at radius 2 is 1.81 bits per heavy atom. The van der Waals surface area contributed by atoms with Crippen molar-refractivity contribution in [2.75, 3.05) is 87.7 Å². The molecule has 11 nitrogen and oxygen atoms in total. The van der Waals surface area contributed by atoms with Crippen LogP contribution in [-0.4, -0.2) is 116 Å². The van der Waals surface area contributed by atoms with Crippen LogP contribution in [0.5, 0.6) is 5.75 Å². The molecule has 1 atom stereocenters. The SMILES string of the molecule is C=CC(=O)N1CC2(CCN(c3nc(N4CC[C@@H](N5CCOCC5)C4)nc4c(OCC(F)(F)F)c(-c5c(C)ccc(N)c5C=N)c(C5CC5)cc34)CC2)C1. The number of benzene rings is 2. The first-order valence-electron chi connectivity index (χ1n) is 18.7. The van der Waals surface area contributed by atoms with Crippen LogP contribution in [0.4, 0.5) is 30.6 Å². The first-order chi connectivity index (χ1) is 25.5. The zero-order valence-corrected chi connectivity index (χ0v) is 30.2. The van der Waals surface area contributed by atoms with Gasteiger partial charge in [0.05, 0.1) is 13.2 Å². The molecule has 4 saturated heterocycles. The summed E-state index contributed by atoms with van der Waals surface area (Å²) >= 11 is 0. The number of rotatable bonds is 9. The van der Waals surface area contributed by atoms with Crippen molar-refractivity contribution in [2.24, 2.45) is 5.41 Å². The molecule has 1 amide bonds. The average molecular weight is 733 g/mol. The number of nitrogens with one attached hydrogen (secondary N) is 1. The number of likely N-dealkylation sites (tertiary alicyclic amines) is 1. The third-order valence-corrected chi connectivity index (χ3v) is 11.9. The number of carbonyl (C=O) groups excluding carboxylic acids is 1. The van der Waals surface area contributed by atoms with Gasteiger partial charge in [-0.3, -0.25) is 9.69 Å². The maximum Gasteiger partial charge on any atom is 0.422 e. The molecule has 1 spiro atoms. The van der Waals surface area contributed by atoms with E-state index in [2.05, 4.69) is 27.3 Å². The molecule has 5 fully saturated rings. The molecule has 0 radical (unpaired) electrons. The van der Waals surface area contributed by atoms with Gasteiger partial charge >= 0.3 is 6.18 Å². The van der Waals surface area contributed by atoms with E-state index in [1.54, 1.807) is 6.07 Å². The van der Waals surface area contributed by atoms with Gasteiger partial charge in [-0.25, -0.2) is 4.98 Å². The molecule has 0 unspecified atom stereocenters. The number of hydrogen-bond acceptors (Lipinski definition) is 10. The van der Waals surface area contributed by atoms with Crippen LogP contribution in [-0.2, 0) is 9.53 Å². The Hall–Kier alpha value is -4.43. The van der Waals surface area contributed by atoms with E-state index >= 15 is 0 Å². The van der Waals surface area contributed by atoms with E-state index in [9.17, 15) is 18.0 Å². The Balaban J connectivity index is 1.28. The predicted molar refractivity (Wildman–Crippen MR) is 199 cm³/mol. The van der Waals surface area contributed by atoms with Gasteiger partial charge in [0, 0.05) is 92.2 Å². The fraction of sp³-hybridized carbons (Fsp3) is 0.538. The van der Waals surface area contributed by atoms with E-state index in [4.69, 9.17) is 30.6 Å². The number of aryl methyl sites for hydroxylation is 1. The number of anilines is 3. The molecule has 1 aliphatic carbocycles. The van der Waals surface area contributed by atoms with Crippen molar-refractivity contribution < 1.29 is 27.4 Å². The Kier molecular flexibility index (Phi) is 9.24. The summed E-state index contributed by atoms with van der Waals surface area (Å²) in [6.07, 6.45) is 2.33. The first kappa shape index (κ1) is 35.6. The van der Waals surface area contributed by atoms with Crippen LogP contribution in [0.25, 0.3) is 22.0 Å². The highest BCUT2D eigenvalue weighted by Crippen LogP contribution is 2.53. The zero-order chi connectivity index (χ0) is 37.1. The normalized spacial score (nSPS) is 22.0. The molecular weight excluding hydrogens is 685 g/mol. The summed E-state index contributed by atoms with van der Waals surface area (Å²) in [5.74, 6) is 1.26. The van der Waals surface area contributed by atoms with E-state index in [1.807, 2.05) is 17.9 Å². The van der Waals surface area contributed by atoms with Gasteiger partial charge in [-0.15, -0.1) is 0 Å². The van der Waals surface area contributed by atoms with Crippen molar-refractivity contribution in [3.8, 4) is 16.9 Å². The number of morpholine rings is 1. The fourth-order valence-electron chi connectivity index (χ4n) is 8.83. The summed E-state index contributed by atoms with van der Waals surface area (Å²) in [4.78, 5) is 31.3. The number of ether oxygens (including phenoxy) is 2. The van der Waals surface area contributed by atoms with Crippen molar-refractivity contribution in [1.29, 1.82) is 5.41 Å². The number of halogens is 3. The number of aromatic nitrogens is 2. The Morgan fingerprint density at radius 1 is 1.08 bits per heavy atom. The largest absolute Gasteiger partial charge is 0.481 e. The van der Waals surface area contributed by atoms with Gasteiger partial charge in [0.2, 0.25) is 11.9 Å². The van der Waals surface area contributed by atoms with Crippen LogP contribution >= 0.6 is 0 Å². The Labute approximate surface area is 307 Å². The number of nitrogens with two attached hydrogens (primary N) is 1. The zero-order valence-electron chi connectivity index (χ0n) is 30.2. The summed E-state index contributed by atoms with van der Waals surface area (Å²) in [7, 11) is 0. The molecule has 5 aliphatic rings. The lowest BCUT2D eigenvalue weighted by Crippen LogP contribution is -2.61. The van der Waals surface area contributed by atoms with Gasteiger partial charge in [0.25, 0.3) is 0 Å². The fourth-order valence-corrected chi connectivity index (χ4v) is 8.83. The summed E-state index contributed by atoms with van der Waals surface area (Å²) in [5.41, 5.74) is 10.3. The standard InChI is InChI=1S/C39H47F3N8O3/c1-3-31(51)50-21-38(22-50)9-12-48(13-10-38)36-28-18-27(25-5-6-25)33(32-24(2)4-7-30(44)29(32)19-43)35(53-23-39(40,41)42)34(28)45-37(46-36)49-11-8-26(20-49)47-14-16-52-17-15-47/h3-4,7,18-19,25-26,43H,1,5-6,8-17,20-23,44H2,2H3/t26-/m1/s1. The van der Waals surface area contributed by atoms with Crippen molar-refractivity contribution in [3.63, 3.8) is 0 Å². The maximum absolute atomic E-state index is 14.1. The molecule has 2 aromatic carbocycles. The van der Waals surface area contributed by atoms with Crippen LogP contribution in [0, 0.1) is 17.7 Å². The van der Waals surface area contributed by atoms with Crippen LogP contribution in [0.3, 0.4) is 0 Å². The Morgan fingerprint density at radius 3 is 2.47 bits per heavy atom. The van der Waals surface area contributed by atoms with Crippen LogP contribution in [0.15, 0.2) is 30.9 Å². The number of piperidine rings is 1. The van der Waals surface area contributed by atoms with E-state index in [-0.39, 0.29) is 29.0 Å². The summed E-state index contributed by atoms with van der Waals surface area (Å²) in [6, 6.07) is 5.92. The van der Waals surface area contributed by atoms with Crippen molar-refractivity contribution >= 4 is 40.5 Å². The second-order valence-corrected chi connectivity index (χ2v) is 15.4. The quantitative estimate of drug-likeness (QED) is 0.166. The number of fused-ring (bicyclic) bond motifs is 1. The van der Waals surface area contributed by atoms with Crippen molar-refractivity contribution in [1.82, 2.24) is 19.8 Å². The number of nitrogen functional groups attached to an aromatic ring is 1. The number of nitrogens with zero attached hydrogens (tertiary/aromatic N) is 6. The van der Waals surface area contributed by atoms with Crippen molar-refractivity contribution in [2.45, 2.75) is 57.2 Å². The predicted octanol–water partition coefficient (Wildman–Crippen LogP) is 5.53. The van der Waals surface area contributed by atoms with Gasteiger partial charge in [-0.05, 0) is 79.8 Å². The van der Waals surface area contributed by atoms with Gasteiger partial charge < -0.3 is 35.3 Å². The third-order valence-electron chi connectivity index (χ3n) is 11.9. The lowest BCUT2D eigenvalue weighted by molar-refractivity contribution is -0.153. The van der Waals surface area contributed by atoms with E-state index in [1.165, 1.54) is 12.3 Å². The minimum atomic E-state index is -4.60. The molecule has 1 aromatic heterocycles. The highest BCUT2D eigenvalue weighted by molar-refractivity contribution is 6.05. The number of alkyl halides is 3. The van der Waals surface area contributed by atoms with E-state index < -0.39 is 12.8 Å². The molecule has 4 aliphatic heterocycles. The molecule has 282 valence electrons. The van der Waals surface area contributed by atoms with Gasteiger partial charge in [0.15, 0.2) is 12.4 Å². The molecule has 8 rings (SSSR count). The summed E-state index contributed by atoms with van der Waals surface area (Å²) in [5, 5.41) is 8.97. The minimum absolute atomic E-state index is 0.0302. The lowest BCUT2D eigenvalue weighted by atomic mass is 9.72. The molecule has 0 bridgehead atoms. The maximum atomic E-state index is 14.1. The molecular formula is C39H47F3N8O3. The number of amides is 1. The van der Waals surface area contributed by atoms with E-state index in [0.717, 1.165) is 56.3 Å². The average Bonchev–Trinajstić information content (AvgIpc) is 3.87. The third kappa shape index (κ3) is 6.80. The molecule has 3 N–H and O–H groups in total. The molecule has 14 heteroatoms.